The average Bonchev–Trinajstić information content (AvgIpc) is 2.84. The van der Waals surface area contributed by atoms with Gasteiger partial charge >= 0.3 is 0 Å². The van der Waals surface area contributed by atoms with Gasteiger partial charge in [0.05, 0.1) is 0 Å². The number of fused-ring (bicyclic) bond motifs is 1. The molecule has 13 heavy (non-hydrogen) atoms. The lowest BCUT2D eigenvalue weighted by Gasteiger charge is -2.26. The highest BCUT2D eigenvalue weighted by molar-refractivity contribution is 5.60. The number of benzene rings is 1. The van der Waals surface area contributed by atoms with Gasteiger partial charge in [0.1, 0.15) is 0 Å². The van der Waals surface area contributed by atoms with Crippen LogP contribution in [0.2, 0.25) is 0 Å². The lowest BCUT2D eigenvalue weighted by molar-refractivity contribution is 0.523. The van der Waals surface area contributed by atoms with Crippen molar-refractivity contribution in [1.82, 2.24) is 0 Å². The van der Waals surface area contributed by atoms with Crippen molar-refractivity contribution in [3.8, 4) is 0 Å². The molecule has 2 aliphatic rings. The molecule has 68 valence electrons. The average molecular weight is 174 g/mol. The first-order chi connectivity index (χ1) is 6.27. The van der Waals surface area contributed by atoms with Crippen LogP contribution in [0.25, 0.3) is 0 Å². The molecule has 0 amide bonds. The molecule has 1 aromatic carbocycles. The summed E-state index contributed by atoms with van der Waals surface area (Å²) < 4.78 is 0. The van der Waals surface area contributed by atoms with Crippen LogP contribution in [-0.2, 0) is 6.42 Å². The Morgan fingerprint density at radius 2 is 2.15 bits per heavy atom. The van der Waals surface area contributed by atoms with Crippen LogP contribution in [0.1, 0.15) is 18.4 Å². The normalized spacial score (nSPS) is 22.2. The second-order valence-corrected chi connectivity index (χ2v) is 4.45. The quantitative estimate of drug-likeness (QED) is 0.590. The molecule has 1 heterocycles. The molecule has 1 aliphatic carbocycles. The van der Waals surface area contributed by atoms with Crippen LogP contribution < -0.4 is 11.1 Å². The molecular weight excluding hydrogens is 160 g/mol. The number of nitrogens with two attached hydrogens (primary N) is 1. The van der Waals surface area contributed by atoms with Crippen molar-refractivity contribution in [3.05, 3.63) is 23.8 Å². The molecule has 0 saturated heterocycles. The maximum absolute atomic E-state index is 5.76. The molecule has 1 aliphatic heterocycles. The molecule has 0 radical (unpaired) electrons. The van der Waals surface area contributed by atoms with E-state index in [2.05, 4.69) is 17.4 Å². The first kappa shape index (κ1) is 7.25. The number of hydrogen-bond donors (Lipinski definition) is 2. The van der Waals surface area contributed by atoms with Crippen LogP contribution in [-0.4, -0.2) is 6.54 Å². The van der Waals surface area contributed by atoms with Crippen LogP contribution in [0, 0.1) is 5.41 Å². The monoisotopic (exact) mass is 174 g/mol. The van der Waals surface area contributed by atoms with Crippen LogP contribution >= 0.6 is 0 Å². The molecule has 1 saturated carbocycles. The second kappa shape index (κ2) is 2.19. The molecule has 1 aromatic rings. The fraction of sp³-hybridized carbons (Fsp3) is 0.455. The smallest absolute Gasteiger partial charge is 0.0374 e. The van der Waals surface area contributed by atoms with E-state index in [1.807, 2.05) is 6.07 Å². The van der Waals surface area contributed by atoms with Gasteiger partial charge in [0.2, 0.25) is 0 Å². The standard InChI is InChI=1S/C11H14N2/c12-9-1-2-10-8(5-9)6-11(3-4-11)7-13-10/h1-2,5,13H,3-4,6-7,12H2. The van der Waals surface area contributed by atoms with E-state index in [0.29, 0.717) is 5.41 Å². The Bertz CT molecular complexity index is 353. The molecule has 3 N–H and O–H groups in total. The van der Waals surface area contributed by atoms with Gasteiger partial charge in [-0.25, -0.2) is 0 Å². The van der Waals surface area contributed by atoms with Gasteiger partial charge in [0, 0.05) is 17.9 Å². The third-order valence-electron chi connectivity index (χ3n) is 3.31. The molecule has 0 bridgehead atoms. The topological polar surface area (TPSA) is 38.0 Å². The van der Waals surface area contributed by atoms with Crippen molar-refractivity contribution < 1.29 is 0 Å². The highest BCUT2D eigenvalue weighted by atomic mass is 14.9. The highest BCUT2D eigenvalue weighted by Gasteiger charge is 2.44. The molecule has 0 atom stereocenters. The Hall–Kier alpha value is -1.18. The molecule has 1 fully saturated rings. The molecular formula is C11H14N2. The van der Waals surface area contributed by atoms with E-state index in [0.717, 1.165) is 12.2 Å². The predicted molar refractivity (Wildman–Crippen MR) is 54.7 cm³/mol. The zero-order valence-corrected chi connectivity index (χ0v) is 7.64. The number of nitrogen functional groups attached to an aromatic ring is 1. The summed E-state index contributed by atoms with van der Waals surface area (Å²) in [6, 6.07) is 6.18. The summed E-state index contributed by atoms with van der Waals surface area (Å²) in [6.07, 6.45) is 3.99. The Labute approximate surface area is 78.1 Å². The SMILES string of the molecule is Nc1ccc2c(c1)CC1(CC1)CN2. The van der Waals surface area contributed by atoms with Gasteiger partial charge < -0.3 is 11.1 Å². The van der Waals surface area contributed by atoms with E-state index in [9.17, 15) is 0 Å². The first-order valence-electron chi connectivity index (χ1n) is 4.90. The lowest BCUT2D eigenvalue weighted by atomic mass is 9.91. The zero-order valence-electron chi connectivity index (χ0n) is 7.64. The van der Waals surface area contributed by atoms with Crippen LogP contribution in [0.15, 0.2) is 18.2 Å². The summed E-state index contributed by atoms with van der Waals surface area (Å²) in [5.41, 5.74) is 9.94. The van der Waals surface area contributed by atoms with E-state index in [4.69, 9.17) is 5.73 Å². The summed E-state index contributed by atoms with van der Waals surface area (Å²) in [5.74, 6) is 0. The largest absolute Gasteiger partial charge is 0.399 e. The molecule has 2 heteroatoms. The summed E-state index contributed by atoms with van der Waals surface area (Å²) >= 11 is 0. The zero-order chi connectivity index (χ0) is 8.89. The highest BCUT2D eigenvalue weighted by Crippen LogP contribution is 2.51. The van der Waals surface area contributed by atoms with Gasteiger partial charge in [0.25, 0.3) is 0 Å². The lowest BCUT2D eigenvalue weighted by Crippen LogP contribution is -2.24. The van der Waals surface area contributed by atoms with Crippen molar-refractivity contribution in [2.24, 2.45) is 5.41 Å². The minimum Gasteiger partial charge on any atom is -0.399 e. The Kier molecular flexibility index (Phi) is 1.22. The van der Waals surface area contributed by atoms with Gasteiger partial charge in [-0.2, -0.15) is 0 Å². The third kappa shape index (κ3) is 1.09. The van der Waals surface area contributed by atoms with E-state index < -0.39 is 0 Å². The van der Waals surface area contributed by atoms with Gasteiger partial charge in [-0.1, -0.05) is 0 Å². The van der Waals surface area contributed by atoms with E-state index >= 15 is 0 Å². The minimum absolute atomic E-state index is 0.598. The van der Waals surface area contributed by atoms with Gasteiger partial charge in [-0.3, -0.25) is 0 Å². The summed E-state index contributed by atoms with van der Waals surface area (Å²) in [6.45, 7) is 1.16. The van der Waals surface area contributed by atoms with E-state index in [1.165, 1.54) is 30.5 Å². The molecule has 3 rings (SSSR count). The molecule has 2 nitrogen and oxygen atoms in total. The molecule has 0 unspecified atom stereocenters. The summed E-state index contributed by atoms with van der Waals surface area (Å²) in [7, 11) is 0. The maximum Gasteiger partial charge on any atom is 0.0374 e. The van der Waals surface area contributed by atoms with Crippen molar-refractivity contribution in [2.45, 2.75) is 19.3 Å². The summed E-state index contributed by atoms with van der Waals surface area (Å²) in [4.78, 5) is 0. The summed E-state index contributed by atoms with van der Waals surface area (Å²) in [5, 5.41) is 3.49. The molecule has 0 aromatic heterocycles. The van der Waals surface area contributed by atoms with Crippen LogP contribution in [0.3, 0.4) is 0 Å². The van der Waals surface area contributed by atoms with Gasteiger partial charge in [-0.05, 0) is 48.4 Å². The van der Waals surface area contributed by atoms with Crippen molar-refractivity contribution in [2.75, 3.05) is 17.6 Å². The van der Waals surface area contributed by atoms with Crippen molar-refractivity contribution in [1.29, 1.82) is 0 Å². The second-order valence-electron chi connectivity index (χ2n) is 4.45. The minimum atomic E-state index is 0.598. The third-order valence-corrected chi connectivity index (χ3v) is 3.31. The fourth-order valence-electron chi connectivity index (χ4n) is 2.21. The van der Waals surface area contributed by atoms with Gasteiger partial charge in [0.15, 0.2) is 0 Å². The van der Waals surface area contributed by atoms with Crippen molar-refractivity contribution >= 4 is 11.4 Å². The Balaban J connectivity index is 2.02. The first-order valence-corrected chi connectivity index (χ1v) is 4.90. The van der Waals surface area contributed by atoms with Crippen molar-refractivity contribution in [3.63, 3.8) is 0 Å². The van der Waals surface area contributed by atoms with Crippen LogP contribution in [0.5, 0.6) is 0 Å². The fourth-order valence-corrected chi connectivity index (χ4v) is 2.21. The van der Waals surface area contributed by atoms with E-state index in [1.54, 1.807) is 0 Å². The van der Waals surface area contributed by atoms with E-state index in [-0.39, 0.29) is 0 Å². The Morgan fingerprint density at radius 3 is 2.92 bits per heavy atom. The van der Waals surface area contributed by atoms with Crippen LogP contribution in [0.4, 0.5) is 11.4 Å². The number of hydrogen-bond acceptors (Lipinski definition) is 2. The number of nitrogens with one attached hydrogen (secondary N) is 1. The number of rotatable bonds is 0. The predicted octanol–water partition coefficient (Wildman–Crippen LogP) is 2.02. The number of anilines is 2. The maximum atomic E-state index is 5.76. The van der Waals surface area contributed by atoms with Gasteiger partial charge in [-0.15, -0.1) is 0 Å². The Morgan fingerprint density at radius 1 is 1.31 bits per heavy atom. The molecule has 1 spiro atoms.